The van der Waals surface area contributed by atoms with E-state index in [1.165, 1.54) is 23.9 Å². The molecule has 3 aromatic rings. The molecule has 2 aromatic heterocycles. The van der Waals surface area contributed by atoms with Gasteiger partial charge in [-0.3, -0.25) is 9.97 Å². The van der Waals surface area contributed by atoms with Crippen LogP contribution >= 0.6 is 0 Å². The second-order valence-electron chi connectivity index (χ2n) is 6.69. The Morgan fingerprint density at radius 1 is 1.08 bits per heavy atom. The molecule has 4 nitrogen and oxygen atoms in total. The Labute approximate surface area is 148 Å². The SMILES string of the molecule is Cc1cc(N2CCCC2)c2ccc(OCc3cccnc3C)cc2n1. The first-order valence-electron chi connectivity index (χ1n) is 8.90. The van der Waals surface area contributed by atoms with Gasteiger partial charge in [0.15, 0.2) is 0 Å². The van der Waals surface area contributed by atoms with Crippen LogP contribution in [-0.4, -0.2) is 23.1 Å². The molecule has 1 aliphatic rings. The largest absolute Gasteiger partial charge is 0.489 e. The summed E-state index contributed by atoms with van der Waals surface area (Å²) >= 11 is 0. The number of nitrogens with zero attached hydrogens (tertiary/aromatic N) is 3. The van der Waals surface area contributed by atoms with Gasteiger partial charge in [0, 0.05) is 53.4 Å². The monoisotopic (exact) mass is 333 g/mol. The molecule has 1 fully saturated rings. The number of fused-ring (bicyclic) bond motifs is 1. The van der Waals surface area contributed by atoms with Gasteiger partial charge in [-0.1, -0.05) is 6.07 Å². The highest BCUT2D eigenvalue weighted by Crippen LogP contribution is 2.31. The Bertz CT molecular complexity index is 901. The van der Waals surface area contributed by atoms with Gasteiger partial charge in [-0.15, -0.1) is 0 Å². The van der Waals surface area contributed by atoms with Gasteiger partial charge in [-0.25, -0.2) is 0 Å². The average molecular weight is 333 g/mol. The van der Waals surface area contributed by atoms with Gasteiger partial charge in [0.05, 0.1) is 5.52 Å². The first kappa shape index (κ1) is 15.9. The molecule has 0 radical (unpaired) electrons. The lowest BCUT2D eigenvalue weighted by atomic mass is 10.1. The van der Waals surface area contributed by atoms with Crippen LogP contribution in [0, 0.1) is 13.8 Å². The van der Waals surface area contributed by atoms with E-state index >= 15 is 0 Å². The molecule has 0 spiro atoms. The number of anilines is 1. The van der Waals surface area contributed by atoms with Crippen molar-refractivity contribution in [3.05, 3.63) is 59.5 Å². The van der Waals surface area contributed by atoms with Gasteiger partial charge in [0.1, 0.15) is 12.4 Å². The molecular weight excluding hydrogens is 310 g/mol. The fourth-order valence-corrected chi connectivity index (χ4v) is 3.46. The fraction of sp³-hybridized carbons (Fsp3) is 0.333. The average Bonchev–Trinajstić information content (AvgIpc) is 3.14. The third kappa shape index (κ3) is 3.29. The van der Waals surface area contributed by atoms with E-state index in [0.717, 1.165) is 41.3 Å². The summed E-state index contributed by atoms with van der Waals surface area (Å²) in [6, 6.07) is 12.4. The summed E-state index contributed by atoms with van der Waals surface area (Å²) in [4.78, 5) is 11.5. The highest BCUT2D eigenvalue weighted by Gasteiger charge is 2.16. The summed E-state index contributed by atoms with van der Waals surface area (Å²) < 4.78 is 5.99. The van der Waals surface area contributed by atoms with Gasteiger partial charge < -0.3 is 9.64 Å². The molecule has 1 saturated heterocycles. The second kappa shape index (κ2) is 6.71. The predicted molar refractivity (Wildman–Crippen MR) is 101 cm³/mol. The van der Waals surface area contributed by atoms with E-state index < -0.39 is 0 Å². The van der Waals surface area contributed by atoms with Crippen molar-refractivity contribution in [3.63, 3.8) is 0 Å². The van der Waals surface area contributed by atoms with Gasteiger partial charge in [-0.2, -0.15) is 0 Å². The van der Waals surface area contributed by atoms with Crippen molar-refractivity contribution in [1.82, 2.24) is 9.97 Å². The number of aryl methyl sites for hydroxylation is 2. The van der Waals surface area contributed by atoms with Crippen molar-refractivity contribution >= 4 is 16.6 Å². The normalized spacial score (nSPS) is 14.2. The van der Waals surface area contributed by atoms with E-state index in [-0.39, 0.29) is 0 Å². The van der Waals surface area contributed by atoms with Crippen molar-refractivity contribution in [1.29, 1.82) is 0 Å². The van der Waals surface area contributed by atoms with Crippen LogP contribution in [0.3, 0.4) is 0 Å². The number of hydrogen-bond donors (Lipinski definition) is 0. The zero-order valence-electron chi connectivity index (χ0n) is 14.8. The van der Waals surface area contributed by atoms with Crippen LogP contribution in [0.15, 0.2) is 42.6 Å². The van der Waals surface area contributed by atoms with Crippen molar-refractivity contribution in [2.45, 2.75) is 33.3 Å². The summed E-state index contributed by atoms with van der Waals surface area (Å²) in [6.45, 7) is 6.86. The van der Waals surface area contributed by atoms with Crippen LogP contribution in [-0.2, 0) is 6.61 Å². The Balaban J connectivity index is 1.62. The van der Waals surface area contributed by atoms with E-state index in [0.29, 0.717) is 6.61 Å². The quantitative estimate of drug-likeness (QED) is 0.708. The third-order valence-corrected chi connectivity index (χ3v) is 4.85. The zero-order chi connectivity index (χ0) is 17.2. The highest BCUT2D eigenvalue weighted by molar-refractivity contribution is 5.93. The number of pyridine rings is 2. The van der Waals surface area contributed by atoms with Crippen molar-refractivity contribution in [2.24, 2.45) is 0 Å². The van der Waals surface area contributed by atoms with Crippen molar-refractivity contribution in [3.8, 4) is 5.75 Å². The molecule has 0 aliphatic carbocycles. The van der Waals surface area contributed by atoms with E-state index in [9.17, 15) is 0 Å². The third-order valence-electron chi connectivity index (χ3n) is 4.85. The topological polar surface area (TPSA) is 38.2 Å². The van der Waals surface area contributed by atoms with Crippen LogP contribution in [0.1, 0.15) is 29.8 Å². The van der Waals surface area contributed by atoms with E-state index in [1.807, 2.05) is 25.1 Å². The van der Waals surface area contributed by atoms with Crippen LogP contribution < -0.4 is 9.64 Å². The molecule has 0 amide bonds. The van der Waals surface area contributed by atoms with E-state index in [1.54, 1.807) is 6.20 Å². The molecule has 128 valence electrons. The standard InChI is InChI=1S/C21H23N3O/c1-15-12-21(24-10-3-4-11-24)19-8-7-18(13-20(19)23-15)25-14-17-6-5-9-22-16(17)2/h5-9,12-13H,3-4,10-11,14H2,1-2H3. The predicted octanol–water partition coefficient (Wildman–Crippen LogP) is 4.43. The molecule has 0 atom stereocenters. The number of hydrogen-bond acceptors (Lipinski definition) is 4. The second-order valence-corrected chi connectivity index (χ2v) is 6.69. The number of aromatic nitrogens is 2. The first-order valence-corrected chi connectivity index (χ1v) is 8.90. The fourth-order valence-electron chi connectivity index (χ4n) is 3.46. The number of ether oxygens (including phenoxy) is 1. The number of benzene rings is 1. The molecule has 4 heteroatoms. The molecular formula is C21H23N3O. The molecule has 25 heavy (non-hydrogen) atoms. The summed E-state index contributed by atoms with van der Waals surface area (Å²) in [7, 11) is 0. The Morgan fingerprint density at radius 2 is 1.92 bits per heavy atom. The lowest BCUT2D eigenvalue weighted by Gasteiger charge is -2.20. The minimum absolute atomic E-state index is 0.524. The lowest BCUT2D eigenvalue weighted by Crippen LogP contribution is -2.18. The van der Waals surface area contributed by atoms with Gasteiger partial charge in [0.25, 0.3) is 0 Å². The molecule has 0 unspecified atom stereocenters. The summed E-state index contributed by atoms with van der Waals surface area (Å²) in [5.74, 6) is 0.848. The molecule has 4 rings (SSSR count). The molecule has 1 aliphatic heterocycles. The van der Waals surface area contributed by atoms with Gasteiger partial charge >= 0.3 is 0 Å². The van der Waals surface area contributed by atoms with E-state index in [2.05, 4.69) is 35.0 Å². The summed E-state index contributed by atoms with van der Waals surface area (Å²) in [6.07, 6.45) is 4.35. The maximum atomic E-state index is 5.99. The Kier molecular flexibility index (Phi) is 4.26. The Hall–Kier alpha value is -2.62. The minimum Gasteiger partial charge on any atom is -0.489 e. The van der Waals surface area contributed by atoms with Gasteiger partial charge in [0.2, 0.25) is 0 Å². The van der Waals surface area contributed by atoms with Crippen molar-refractivity contribution in [2.75, 3.05) is 18.0 Å². The van der Waals surface area contributed by atoms with Crippen LogP contribution in [0.25, 0.3) is 10.9 Å². The summed E-state index contributed by atoms with van der Waals surface area (Å²) in [5, 5.41) is 1.21. The van der Waals surface area contributed by atoms with E-state index in [4.69, 9.17) is 9.72 Å². The first-order chi connectivity index (χ1) is 12.2. The molecule has 0 bridgehead atoms. The van der Waals surface area contributed by atoms with Crippen molar-refractivity contribution < 1.29 is 4.74 Å². The minimum atomic E-state index is 0.524. The Morgan fingerprint density at radius 3 is 2.72 bits per heavy atom. The maximum absolute atomic E-state index is 5.99. The summed E-state index contributed by atoms with van der Waals surface area (Å²) in [5.41, 5.74) is 5.47. The molecule has 0 saturated carbocycles. The zero-order valence-corrected chi connectivity index (χ0v) is 14.8. The number of rotatable bonds is 4. The smallest absolute Gasteiger partial charge is 0.122 e. The highest BCUT2D eigenvalue weighted by atomic mass is 16.5. The van der Waals surface area contributed by atoms with Gasteiger partial charge in [-0.05, 0) is 51.0 Å². The van der Waals surface area contributed by atoms with Crippen LogP contribution in [0.4, 0.5) is 5.69 Å². The maximum Gasteiger partial charge on any atom is 0.122 e. The lowest BCUT2D eigenvalue weighted by molar-refractivity contribution is 0.305. The molecule has 3 heterocycles. The van der Waals surface area contributed by atoms with Crippen LogP contribution in [0.5, 0.6) is 5.75 Å². The molecule has 1 aromatic carbocycles. The molecule has 0 N–H and O–H groups in total. The van der Waals surface area contributed by atoms with Crippen LogP contribution in [0.2, 0.25) is 0 Å².